The van der Waals surface area contributed by atoms with Crippen molar-refractivity contribution in [1.29, 1.82) is 0 Å². The molecule has 0 spiro atoms. The van der Waals surface area contributed by atoms with Gasteiger partial charge in [-0.25, -0.2) is 19.2 Å². The van der Waals surface area contributed by atoms with Crippen LogP contribution >= 0.6 is 0 Å². The van der Waals surface area contributed by atoms with Crippen molar-refractivity contribution in [1.82, 2.24) is 9.80 Å². The van der Waals surface area contributed by atoms with Crippen LogP contribution in [0.4, 0.5) is 0 Å². The molecule has 2 aromatic rings. The van der Waals surface area contributed by atoms with Gasteiger partial charge in [0.05, 0.1) is 0 Å². The van der Waals surface area contributed by atoms with Crippen molar-refractivity contribution in [2.75, 3.05) is 39.3 Å². The Labute approximate surface area is 225 Å². The summed E-state index contributed by atoms with van der Waals surface area (Å²) in [4.78, 5) is 54.4. The molecule has 2 aromatic carbocycles. The number of carbonyl (C=O) groups is 5. The molecule has 4 rings (SSSR count). The topological polar surface area (TPSA) is 182 Å². The van der Waals surface area contributed by atoms with Gasteiger partial charge in [-0.3, -0.25) is 14.6 Å². The third-order valence-electron chi connectivity index (χ3n) is 6.19. The van der Waals surface area contributed by atoms with Crippen LogP contribution in [-0.2, 0) is 28.7 Å². The molecule has 39 heavy (non-hydrogen) atoms. The summed E-state index contributed by atoms with van der Waals surface area (Å²) in [5.74, 6) is -7.82. The van der Waals surface area contributed by atoms with Crippen LogP contribution in [0.3, 0.4) is 0 Å². The summed E-state index contributed by atoms with van der Waals surface area (Å²) in [5.41, 5.74) is 1.96. The van der Waals surface area contributed by atoms with E-state index in [-0.39, 0.29) is 11.9 Å². The molecule has 0 radical (unpaired) electrons. The Kier molecular flexibility index (Phi) is 12.6. The molecule has 1 unspecified atom stereocenters. The number of aliphatic carboxylic acids is 4. The maximum Gasteiger partial charge on any atom is 0.414 e. The van der Waals surface area contributed by atoms with Gasteiger partial charge in [0, 0.05) is 32.2 Å². The number of esters is 1. The van der Waals surface area contributed by atoms with Crippen LogP contribution in [0.1, 0.15) is 29.9 Å². The predicted octanol–water partition coefficient (Wildman–Crippen LogP) is 1.45. The van der Waals surface area contributed by atoms with E-state index in [2.05, 4.69) is 9.80 Å². The molecule has 210 valence electrons. The smallest absolute Gasteiger partial charge is 0.414 e. The number of hydrogen-bond acceptors (Lipinski definition) is 8. The van der Waals surface area contributed by atoms with Crippen molar-refractivity contribution in [2.45, 2.75) is 24.8 Å². The largest absolute Gasteiger partial charge is 0.473 e. The molecule has 0 saturated carbocycles. The molecule has 2 fully saturated rings. The molecule has 0 aromatic heterocycles. The van der Waals surface area contributed by atoms with Gasteiger partial charge in [-0.1, -0.05) is 60.7 Å². The molecule has 4 N–H and O–H groups in total. The van der Waals surface area contributed by atoms with Crippen LogP contribution in [0.5, 0.6) is 0 Å². The summed E-state index contributed by atoms with van der Waals surface area (Å²) in [6.45, 7) is 5.87. The Hall–Kier alpha value is -4.29. The Morgan fingerprint density at radius 1 is 0.744 bits per heavy atom. The molecule has 12 nitrogen and oxygen atoms in total. The van der Waals surface area contributed by atoms with Gasteiger partial charge in [0.1, 0.15) is 12.5 Å². The maximum absolute atomic E-state index is 12.9. The molecule has 2 saturated heterocycles. The summed E-state index contributed by atoms with van der Waals surface area (Å²) >= 11 is 0. The molecule has 12 heteroatoms. The fourth-order valence-electron chi connectivity index (χ4n) is 4.37. The third kappa shape index (κ3) is 10.5. The average Bonchev–Trinajstić information content (AvgIpc) is 3.39. The highest BCUT2D eigenvalue weighted by atomic mass is 16.5. The van der Waals surface area contributed by atoms with E-state index >= 15 is 0 Å². The van der Waals surface area contributed by atoms with Crippen molar-refractivity contribution >= 4 is 29.8 Å². The average molecular weight is 545 g/mol. The number of fused-ring (bicyclic) bond motifs is 1. The number of carboxylic acid groups (broad SMARTS) is 4. The molecule has 2 heterocycles. The Morgan fingerprint density at radius 3 is 1.69 bits per heavy atom. The first-order chi connectivity index (χ1) is 18.6. The normalized spacial score (nSPS) is 16.5. The first-order valence-corrected chi connectivity index (χ1v) is 12.3. The lowest BCUT2D eigenvalue weighted by molar-refractivity contribution is -0.159. The van der Waals surface area contributed by atoms with E-state index in [9.17, 15) is 4.79 Å². The van der Waals surface area contributed by atoms with Crippen LogP contribution in [0.2, 0.25) is 0 Å². The van der Waals surface area contributed by atoms with Crippen molar-refractivity contribution < 1.29 is 49.1 Å². The van der Waals surface area contributed by atoms with E-state index in [4.69, 9.17) is 44.3 Å². The van der Waals surface area contributed by atoms with Crippen molar-refractivity contribution in [3.05, 3.63) is 71.8 Å². The molecule has 0 aliphatic carbocycles. The summed E-state index contributed by atoms with van der Waals surface area (Å²) in [7, 11) is 0. The van der Waals surface area contributed by atoms with Crippen molar-refractivity contribution in [3.63, 3.8) is 0 Å². The number of benzene rings is 2. The highest BCUT2D eigenvalue weighted by Crippen LogP contribution is 2.26. The SMILES string of the molecule is O=C(O)C(=O)O.O=C(O)C(=O)O.O=C(OCCN1CCN2CCCC2C1)C(c1ccccc1)c1ccccc1. The summed E-state index contributed by atoms with van der Waals surface area (Å²) in [6.07, 6.45) is 2.63. The van der Waals surface area contributed by atoms with E-state index < -0.39 is 23.9 Å². The fourth-order valence-corrected chi connectivity index (χ4v) is 4.37. The Morgan fingerprint density at radius 2 is 1.23 bits per heavy atom. The lowest BCUT2D eigenvalue weighted by Crippen LogP contribution is -2.50. The summed E-state index contributed by atoms with van der Waals surface area (Å²) in [5, 5.41) is 29.6. The maximum atomic E-state index is 12.9. The fraction of sp³-hybridized carbons (Fsp3) is 0.370. The Balaban J connectivity index is 0.000000374. The third-order valence-corrected chi connectivity index (χ3v) is 6.19. The van der Waals surface area contributed by atoms with Crippen LogP contribution in [-0.4, -0.2) is 105 Å². The van der Waals surface area contributed by atoms with E-state index in [1.54, 1.807) is 0 Å². The molecule has 1 atom stereocenters. The number of nitrogens with zero attached hydrogens (tertiary/aromatic N) is 2. The van der Waals surface area contributed by atoms with Gasteiger partial charge >= 0.3 is 29.8 Å². The number of hydrogen-bond donors (Lipinski definition) is 4. The van der Waals surface area contributed by atoms with Gasteiger partial charge in [-0.2, -0.15) is 0 Å². The highest BCUT2D eigenvalue weighted by molar-refractivity contribution is 6.27. The van der Waals surface area contributed by atoms with Gasteiger partial charge in [0.2, 0.25) is 0 Å². The van der Waals surface area contributed by atoms with Crippen LogP contribution in [0.15, 0.2) is 60.7 Å². The number of ether oxygens (including phenoxy) is 1. The molecule has 2 aliphatic heterocycles. The van der Waals surface area contributed by atoms with Gasteiger partial charge in [-0.05, 0) is 30.5 Å². The minimum absolute atomic E-state index is 0.160. The van der Waals surface area contributed by atoms with E-state index in [0.717, 1.165) is 37.3 Å². The molecular weight excluding hydrogens is 512 g/mol. The number of rotatable bonds is 6. The van der Waals surface area contributed by atoms with Crippen LogP contribution in [0.25, 0.3) is 0 Å². The lowest BCUT2D eigenvalue weighted by Gasteiger charge is -2.37. The quantitative estimate of drug-likeness (QED) is 0.304. The second kappa shape index (κ2) is 15.8. The number of carbonyl (C=O) groups excluding carboxylic acids is 1. The van der Waals surface area contributed by atoms with E-state index in [0.29, 0.717) is 12.6 Å². The van der Waals surface area contributed by atoms with Gasteiger partial charge < -0.3 is 25.2 Å². The second-order valence-corrected chi connectivity index (χ2v) is 8.78. The second-order valence-electron chi connectivity index (χ2n) is 8.78. The first kappa shape index (κ1) is 30.9. The van der Waals surface area contributed by atoms with Gasteiger partial charge in [-0.15, -0.1) is 0 Å². The highest BCUT2D eigenvalue weighted by Gasteiger charge is 2.30. The van der Waals surface area contributed by atoms with Gasteiger partial charge in [0.15, 0.2) is 0 Å². The Bertz CT molecular complexity index is 1020. The van der Waals surface area contributed by atoms with Crippen molar-refractivity contribution in [3.8, 4) is 0 Å². The number of piperazine rings is 1. The molecular formula is C27H32N2O10. The predicted molar refractivity (Wildman–Crippen MR) is 137 cm³/mol. The first-order valence-electron chi connectivity index (χ1n) is 12.3. The molecule has 2 aliphatic rings. The lowest BCUT2D eigenvalue weighted by atomic mass is 9.91. The minimum atomic E-state index is -1.82. The zero-order chi connectivity index (χ0) is 28.8. The van der Waals surface area contributed by atoms with Gasteiger partial charge in [0.25, 0.3) is 0 Å². The number of carboxylic acids is 4. The van der Waals surface area contributed by atoms with Crippen LogP contribution in [0, 0.1) is 0 Å². The molecule has 0 amide bonds. The molecule has 0 bridgehead atoms. The van der Waals surface area contributed by atoms with E-state index in [1.807, 2.05) is 60.7 Å². The van der Waals surface area contributed by atoms with Crippen LogP contribution < -0.4 is 0 Å². The zero-order valence-electron chi connectivity index (χ0n) is 21.2. The van der Waals surface area contributed by atoms with E-state index in [1.165, 1.54) is 19.4 Å². The monoisotopic (exact) mass is 544 g/mol. The zero-order valence-corrected chi connectivity index (χ0v) is 21.2. The summed E-state index contributed by atoms with van der Waals surface area (Å²) < 4.78 is 5.73. The minimum Gasteiger partial charge on any atom is -0.473 e. The van der Waals surface area contributed by atoms with Crippen molar-refractivity contribution in [2.24, 2.45) is 0 Å². The standard InChI is InChI=1S/C23H28N2O2.2C2H2O4/c26-23(27-17-16-24-14-15-25-13-7-12-21(25)18-24)22(19-8-3-1-4-9-19)20-10-5-2-6-11-20;2*3-1(4)2(5)6/h1-6,8-11,21-22H,7,12-18H2;2*(H,3,4)(H,5,6). The summed E-state index contributed by atoms with van der Waals surface area (Å²) in [6, 6.07) is 20.5.